The molecule has 2 aromatic carbocycles. The van der Waals surface area contributed by atoms with Gasteiger partial charge in [0.05, 0.1) is 11.4 Å². The van der Waals surface area contributed by atoms with Crippen LogP contribution in [0.25, 0.3) is 11.4 Å². The van der Waals surface area contributed by atoms with Crippen LogP contribution in [-0.4, -0.2) is 31.1 Å². The molecule has 0 spiro atoms. The first-order valence-electron chi connectivity index (χ1n) is 11.2. The Morgan fingerprint density at radius 1 is 0.647 bits per heavy atom. The van der Waals surface area contributed by atoms with Crippen molar-refractivity contribution in [3.8, 4) is 11.4 Å². The number of carbonyl (C=O) groups excluding carboxylic acids is 2. The van der Waals surface area contributed by atoms with Crippen LogP contribution in [0.4, 0.5) is 0 Å². The van der Waals surface area contributed by atoms with Crippen LogP contribution in [0.15, 0.2) is 70.3 Å². The molecule has 0 saturated carbocycles. The zero-order chi connectivity index (χ0) is 24.2. The molecule has 0 bridgehead atoms. The van der Waals surface area contributed by atoms with Gasteiger partial charge in [0.25, 0.3) is 11.1 Å². The fourth-order valence-corrected chi connectivity index (χ4v) is 4.09. The number of ketones is 2. The Balaban J connectivity index is 1.38. The molecule has 2 aromatic heterocycles. The van der Waals surface area contributed by atoms with Gasteiger partial charge in [-0.15, -0.1) is 0 Å². The normalized spacial score (nSPS) is 11.0. The second-order valence-corrected chi connectivity index (χ2v) is 8.23. The number of aryl methyl sites for hydroxylation is 2. The number of carbonyl (C=O) groups is 2. The number of hydrogen-bond donors (Lipinski definition) is 2. The third-order valence-electron chi connectivity index (χ3n) is 5.79. The van der Waals surface area contributed by atoms with Gasteiger partial charge in [0.2, 0.25) is 0 Å². The zero-order valence-corrected chi connectivity index (χ0v) is 19.1. The predicted molar refractivity (Wildman–Crippen MR) is 129 cm³/mol. The first-order valence-corrected chi connectivity index (χ1v) is 11.2. The lowest BCUT2D eigenvalue weighted by Gasteiger charge is -2.01. The van der Waals surface area contributed by atoms with E-state index in [4.69, 9.17) is 0 Å². The van der Waals surface area contributed by atoms with E-state index in [2.05, 4.69) is 10.2 Å². The second-order valence-electron chi connectivity index (χ2n) is 8.23. The summed E-state index contributed by atoms with van der Waals surface area (Å²) in [6.45, 7) is 3.40. The molecular weight excluding hydrogens is 432 g/mol. The minimum Gasteiger partial charge on any atom is -0.295 e. The summed E-state index contributed by atoms with van der Waals surface area (Å²) in [5, 5.41) is 5.91. The van der Waals surface area contributed by atoms with E-state index in [1.54, 1.807) is 38.1 Å². The Hall–Kier alpha value is -4.20. The van der Waals surface area contributed by atoms with Crippen molar-refractivity contribution in [2.45, 2.75) is 39.5 Å². The quantitative estimate of drug-likeness (QED) is 0.293. The average molecular weight is 459 g/mol. The highest BCUT2D eigenvalue weighted by molar-refractivity contribution is 5.97. The van der Waals surface area contributed by atoms with Crippen molar-refractivity contribution in [3.05, 3.63) is 104 Å². The summed E-state index contributed by atoms with van der Waals surface area (Å²) < 4.78 is 2.72. The first kappa shape index (κ1) is 23.0. The maximum atomic E-state index is 12.8. The molecule has 0 aliphatic rings. The third-order valence-corrected chi connectivity index (χ3v) is 5.79. The fraction of sp³-hybridized carbons (Fsp3) is 0.231. The highest BCUT2D eigenvalue weighted by Gasteiger charge is 2.21. The zero-order valence-electron chi connectivity index (χ0n) is 19.1. The van der Waals surface area contributed by atoms with Gasteiger partial charge in [0, 0.05) is 24.2 Å². The number of benzene rings is 2. The molecule has 0 aliphatic carbocycles. The largest absolute Gasteiger partial charge is 0.295 e. The van der Waals surface area contributed by atoms with E-state index in [-0.39, 0.29) is 46.7 Å². The number of para-hydroxylation sites is 2. The lowest BCUT2D eigenvalue weighted by Crippen LogP contribution is -2.21. The van der Waals surface area contributed by atoms with E-state index in [1.165, 1.54) is 9.36 Å². The maximum Gasteiger partial charge on any atom is 0.282 e. The highest BCUT2D eigenvalue weighted by Crippen LogP contribution is 2.14. The van der Waals surface area contributed by atoms with Crippen LogP contribution >= 0.6 is 0 Å². The van der Waals surface area contributed by atoms with Gasteiger partial charge in [-0.25, -0.2) is 9.36 Å². The van der Waals surface area contributed by atoms with Gasteiger partial charge >= 0.3 is 0 Å². The van der Waals surface area contributed by atoms with E-state index >= 15 is 0 Å². The van der Waals surface area contributed by atoms with Crippen molar-refractivity contribution >= 4 is 11.6 Å². The summed E-state index contributed by atoms with van der Waals surface area (Å²) in [7, 11) is 0. The van der Waals surface area contributed by atoms with E-state index in [1.807, 2.05) is 36.4 Å². The number of unbranched alkanes of at least 4 members (excludes halogenated alkanes) is 1. The number of Topliss-reactive ketones (excluding diaryl/α,β-unsaturated/α-hetero) is 2. The van der Waals surface area contributed by atoms with Crippen LogP contribution in [0.1, 0.15) is 57.8 Å². The van der Waals surface area contributed by atoms with E-state index in [0.29, 0.717) is 35.6 Å². The van der Waals surface area contributed by atoms with Crippen LogP contribution in [0.3, 0.4) is 0 Å². The molecule has 0 amide bonds. The molecule has 0 atom stereocenters. The first-order chi connectivity index (χ1) is 16.4. The standard InChI is InChI=1S/C26H26N4O4/c1-17-23(25(33)29(27-17)19-11-5-3-6-12-19)21(31)15-9-10-16-22(32)24-18(2)28-30(26(24)34)20-13-7-4-8-14-20/h3-8,11-14,27-28H,9-10,15-16H2,1-2H3. The lowest BCUT2D eigenvalue weighted by atomic mass is 10.0. The molecule has 2 heterocycles. The minimum absolute atomic E-state index is 0.141. The van der Waals surface area contributed by atoms with Gasteiger partial charge in [-0.05, 0) is 51.0 Å². The molecule has 4 aromatic rings. The van der Waals surface area contributed by atoms with Gasteiger partial charge in [-0.3, -0.25) is 29.4 Å². The molecule has 0 saturated heterocycles. The summed E-state index contributed by atoms with van der Waals surface area (Å²) in [6, 6.07) is 18.1. The van der Waals surface area contributed by atoms with E-state index in [0.717, 1.165) is 0 Å². The Bertz CT molecular complexity index is 1330. The number of aromatic amines is 2. The molecule has 0 aliphatic heterocycles. The molecule has 34 heavy (non-hydrogen) atoms. The van der Waals surface area contributed by atoms with Crippen molar-refractivity contribution in [1.82, 2.24) is 19.6 Å². The second kappa shape index (κ2) is 9.74. The minimum atomic E-state index is -0.380. The van der Waals surface area contributed by atoms with Gasteiger partial charge < -0.3 is 0 Å². The number of H-pyrrole nitrogens is 2. The van der Waals surface area contributed by atoms with Gasteiger partial charge in [0.15, 0.2) is 11.6 Å². The van der Waals surface area contributed by atoms with Crippen LogP contribution < -0.4 is 11.1 Å². The van der Waals surface area contributed by atoms with Crippen LogP contribution in [0, 0.1) is 13.8 Å². The Labute approximate surface area is 195 Å². The lowest BCUT2D eigenvalue weighted by molar-refractivity contribution is 0.0953. The Morgan fingerprint density at radius 3 is 1.35 bits per heavy atom. The van der Waals surface area contributed by atoms with E-state index in [9.17, 15) is 19.2 Å². The summed E-state index contributed by atoms with van der Waals surface area (Å²) in [5.41, 5.74) is 1.86. The molecule has 0 unspecified atom stereocenters. The van der Waals surface area contributed by atoms with Crippen molar-refractivity contribution in [3.63, 3.8) is 0 Å². The monoisotopic (exact) mass is 458 g/mol. The topological polar surface area (TPSA) is 110 Å². The predicted octanol–water partition coefficient (Wildman–Crippen LogP) is 3.89. The van der Waals surface area contributed by atoms with E-state index < -0.39 is 0 Å². The van der Waals surface area contributed by atoms with Crippen molar-refractivity contribution in [2.24, 2.45) is 0 Å². The SMILES string of the molecule is Cc1[nH]n(-c2ccccc2)c(=O)c1C(=O)CCCCC(=O)c1c(C)[nH]n(-c2ccccc2)c1=O. The smallest absolute Gasteiger partial charge is 0.282 e. The average Bonchev–Trinajstić information content (AvgIpc) is 3.31. The maximum absolute atomic E-state index is 12.8. The van der Waals surface area contributed by atoms with Gasteiger partial charge in [0.1, 0.15) is 11.1 Å². The third kappa shape index (κ3) is 4.47. The molecule has 174 valence electrons. The molecule has 8 nitrogen and oxygen atoms in total. The van der Waals surface area contributed by atoms with Crippen molar-refractivity contribution < 1.29 is 9.59 Å². The number of nitrogens with zero attached hydrogens (tertiary/aromatic N) is 2. The molecule has 0 fully saturated rings. The number of nitrogens with one attached hydrogen (secondary N) is 2. The van der Waals surface area contributed by atoms with Gasteiger partial charge in [-0.1, -0.05) is 36.4 Å². The number of hydrogen-bond acceptors (Lipinski definition) is 4. The fourth-order valence-electron chi connectivity index (χ4n) is 4.09. The summed E-state index contributed by atoms with van der Waals surface area (Å²) in [5.74, 6) is -0.518. The molecular formula is C26H26N4O4. The summed E-state index contributed by atoms with van der Waals surface area (Å²) in [4.78, 5) is 51.0. The number of aromatic nitrogens is 4. The van der Waals surface area contributed by atoms with Crippen LogP contribution in [-0.2, 0) is 0 Å². The van der Waals surface area contributed by atoms with Crippen LogP contribution in [0.5, 0.6) is 0 Å². The van der Waals surface area contributed by atoms with Crippen LogP contribution in [0.2, 0.25) is 0 Å². The summed E-state index contributed by atoms with van der Waals surface area (Å²) in [6.07, 6.45) is 1.18. The number of rotatable bonds is 9. The molecule has 8 heteroatoms. The summed E-state index contributed by atoms with van der Waals surface area (Å²) >= 11 is 0. The van der Waals surface area contributed by atoms with Crippen molar-refractivity contribution in [2.75, 3.05) is 0 Å². The molecule has 2 N–H and O–H groups in total. The Kier molecular flexibility index (Phi) is 6.58. The van der Waals surface area contributed by atoms with Crippen molar-refractivity contribution in [1.29, 1.82) is 0 Å². The molecule has 0 radical (unpaired) electrons. The Morgan fingerprint density at radius 2 is 1.00 bits per heavy atom. The highest BCUT2D eigenvalue weighted by atomic mass is 16.2. The molecule has 4 rings (SSSR count). The van der Waals surface area contributed by atoms with Gasteiger partial charge in [-0.2, -0.15) is 0 Å².